The van der Waals surface area contributed by atoms with E-state index in [4.69, 9.17) is 14.7 Å². The van der Waals surface area contributed by atoms with Gasteiger partial charge in [-0.2, -0.15) is 0 Å². The van der Waals surface area contributed by atoms with Crippen LogP contribution in [-0.4, -0.2) is 25.9 Å². The molecule has 2 N–H and O–H groups in total. The molecule has 6 nitrogen and oxygen atoms in total. The first-order valence-corrected chi connectivity index (χ1v) is 18.1. The van der Waals surface area contributed by atoms with E-state index in [1.165, 1.54) is 6.92 Å². The minimum Gasteiger partial charge on any atom is -0.458 e. The van der Waals surface area contributed by atoms with E-state index in [-0.39, 0.29) is 12.1 Å². The molecular weight excluding hydrogens is 665 g/mol. The van der Waals surface area contributed by atoms with Crippen LogP contribution in [0.25, 0.3) is 90.9 Å². The van der Waals surface area contributed by atoms with Crippen molar-refractivity contribution in [2.45, 2.75) is 20.0 Å². The Morgan fingerprint density at radius 3 is 1.09 bits per heavy atom. The number of hydrogen-bond acceptors (Lipinski definition) is 4. The molecule has 5 heterocycles. The second kappa shape index (κ2) is 13.8. The van der Waals surface area contributed by atoms with Crippen LogP contribution < -0.4 is 0 Å². The van der Waals surface area contributed by atoms with Gasteiger partial charge in [0, 0.05) is 51.2 Å². The van der Waals surface area contributed by atoms with Crippen molar-refractivity contribution in [1.29, 1.82) is 0 Å². The summed E-state index contributed by atoms with van der Waals surface area (Å²) in [6.45, 7) is 3.32. The van der Waals surface area contributed by atoms with Crippen LogP contribution in [0.1, 0.15) is 48.3 Å². The fourth-order valence-corrected chi connectivity index (χ4v) is 7.47. The third-order valence-corrected chi connectivity index (χ3v) is 9.95. The summed E-state index contributed by atoms with van der Waals surface area (Å²) in [6.07, 6.45) is 8.07. The number of carbonyl (C=O) groups is 1. The molecular formula is C48H36N4O2. The Hall–Kier alpha value is -7.05. The fraction of sp³-hybridized carbons (Fsp3) is 0.0625. The van der Waals surface area contributed by atoms with Crippen molar-refractivity contribution in [1.82, 2.24) is 19.9 Å². The lowest BCUT2D eigenvalue weighted by atomic mass is 10.0. The second-order valence-corrected chi connectivity index (χ2v) is 13.5. The molecule has 7 aromatic rings. The zero-order chi connectivity index (χ0) is 36.6. The minimum atomic E-state index is -0.363. The van der Waals surface area contributed by atoms with Crippen LogP contribution in [0.15, 0.2) is 140 Å². The first-order chi connectivity index (χ1) is 26.5. The Morgan fingerprint density at radius 1 is 0.463 bits per heavy atom. The summed E-state index contributed by atoms with van der Waals surface area (Å²) in [7, 11) is 0. The number of nitrogens with zero attached hydrogens (tertiary/aromatic N) is 2. The van der Waals surface area contributed by atoms with Crippen molar-refractivity contribution < 1.29 is 9.53 Å². The maximum Gasteiger partial charge on any atom is 0.303 e. The monoisotopic (exact) mass is 700 g/mol. The lowest BCUT2D eigenvalue weighted by Crippen LogP contribution is -2.04. The molecule has 0 saturated carbocycles. The van der Waals surface area contributed by atoms with Crippen molar-refractivity contribution in [3.05, 3.63) is 168 Å². The van der Waals surface area contributed by atoms with E-state index in [1.54, 1.807) is 0 Å². The first-order valence-electron chi connectivity index (χ1n) is 18.1. The highest BCUT2D eigenvalue weighted by atomic mass is 16.5. The van der Waals surface area contributed by atoms with Gasteiger partial charge >= 0.3 is 5.97 Å². The molecule has 260 valence electrons. The smallest absolute Gasteiger partial charge is 0.303 e. The maximum atomic E-state index is 11.7. The molecule has 0 fully saturated rings. The summed E-state index contributed by atoms with van der Waals surface area (Å²) in [6, 6.07) is 48.0. The van der Waals surface area contributed by atoms with Gasteiger partial charge in [-0.25, -0.2) is 9.97 Å². The number of H-pyrrole nitrogens is 2. The average molecular weight is 701 g/mol. The van der Waals surface area contributed by atoms with Gasteiger partial charge in [0.05, 0.1) is 22.8 Å². The number of rotatable bonds is 6. The van der Waals surface area contributed by atoms with E-state index in [0.29, 0.717) is 0 Å². The topological polar surface area (TPSA) is 83.7 Å². The Kier molecular flexibility index (Phi) is 8.40. The van der Waals surface area contributed by atoms with E-state index in [1.807, 2.05) is 37.3 Å². The molecule has 0 radical (unpaired) electrons. The van der Waals surface area contributed by atoms with Gasteiger partial charge < -0.3 is 14.7 Å². The molecule has 3 aromatic heterocycles. The van der Waals surface area contributed by atoms with Gasteiger partial charge in [0.2, 0.25) is 0 Å². The average Bonchev–Trinajstić information content (AvgIpc) is 4.04. The van der Waals surface area contributed by atoms with E-state index in [0.717, 1.165) is 94.9 Å². The Bertz CT molecular complexity index is 2720. The fourth-order valence-electron chi connectivity index (χ4n) is 7.47. The zero-order valence-corrected chi connectivity index (χ0v) is 29.9. The Balaban J connectivity index is 1.41. The summed E-state index contributed by atoms with van der Waals surface area (Å²) in [5.74, 6) is -0.309. The molecule has 8 bridgehead atoms. The Morgan fingerprint density at radius 2 is 0.778 bits per heavy atom. The molecule has 0 unspecified atom stereocenters. The van der Waals surface area contributed by atoms with Crippen molar-refractivity contribution in [3.8, 4) is 44.5 Å². The summed E-state index contributed by atoms with van der Waals surface area (Å²) in [5, 5.41) is 0. The molecule has 0 spiro atoms. The number of ether oxygens (including phenoxy) is 1. The molecule has 6 heteroatoms. The zero-order valence-electron chi connectivity index (χ0n) is 29.9. The number of benzene rings is 4. The van der Waals surface area contributed by atoms with Gasteiger partial charge in [-0.15, -0.1) is 0 Å². The van der Waals surface area contributed by atoms with Crippen LogP contribution in [0.3, 0.4) is 0 Å². The van der Waals surface area contributed by atoms with Gasteiger partial charge in [0.1, 0.15) is 6.10 Å². The lowest BCUT2D eigenvalue weighted by Gasteiger charge is -2.13. The van der Waals surface area contributed by atoms with E-state index in [2.05, 4.69) is 143 Å². The van der Waals surface area contributed by atoms with Gasteiger partial charge in [0.25, 0.3) is 0 Å². The molecule has 0 aliphatic carbocycles. The van der Waals surface area contributed by atoms with E-state index < -0.39 is 0 Å². The summed E-state index contributed by atoms with van der Waals surface area (Å²) in [5.41, 5.74) is 16.3. The van der Waals surface area contributed by atoms with Gasteiger partial charge in [-0.3, -0.25) is 4.79 Å². The molecule has 54 heavy (non-hydrogen) atoms. The van der Waals surface area contributed by atoms with Gasteiger partial charge in [0.15, 0.2) is 0 Å². The van der Waals surface area contributed by atoms with E-state index >= 15 is 0 Å². The summed E-state index contributed by atoms with van der Waals surface area (Å²) >= 11 is 0. The number of fused-ring (bicyclic) bond motifs is 8. The molecule has 2 aliphatic rings. The largest absolute Gasteiger partial charge is 0.458 e. The second-order valence-electron chi connectivity index (χ2n) is 13.5. The predicted molar refractivity (Wildman–Crippen MR) is 221 cm³/mol. The van der Waals surface area contributed by atoms with Crippen molar-refractivity contribution in [3.63, 3.8) is 0 Å². The third-order valence-electron chi connectivity index (χ3n) is 9.95. The van der Waals surface area contributed by atoms with Gasteiger partial charge in [-0.1, -0.05) is 115 Å². The SMILES string of the molecule is CC(=O)O[C@@H](C)c1ccc(-c2c3nc(c(-c4ccccc4)c4ccc([nH]4)c(-c4ccccc4)c4nc(c(-c5ccccc5)c5ccc2[nH]5)C=C4)C=C3)cc1. The van der Waals surface area contributed by atoms with Crippen LogP contribution >= 0.6 is 0 Å². The molecule has 0 amide bonds. The molecule has 1 atom stereocenters. The molecule has 2 aliphatic heterocycles. The number of aromatic nitrogens is 4. The standard InChI is InChI=1S/C48H36N4O2/c1-30(54-31(2)53)32-18-20-36(21-19-32)48-43-28-26-41(51-43)46(34-14-8-4-9-15-34)39-24-22-37(49-39)45(33-12-6-3-7-13-33)38-23-25-40(50-38)47(35-16-10-5-11-17-35)42-27-29-44(48)52-42/h3-30,49,52H,1-2H3/t30-/m0/s1. The van der Waals surface area contributed by atoms with Crippen molar-refractivity contribution >= 4 is 52.3 Å². The summed E-state index contributed by atoms with van der Waals surface area (Å²) in [4.78, 5) is 30.0. The number of carbonyl (C=O) groups excluding carboxylic acids is 1. The van der Waals surface area contributed by atoms with Crippen molar-refractivity contribution in [2.24, 2.45) is 0 Å². The number of aromatic amines is 2. The van der Waals surface area contributed by atoms with E-state index in [9.17, 15) is 4.79 Å². The maximum absolute atomic E-state index is 11.7. The molecule has 0 saturated heterocycles. The first kappa shape index (κ1) is 32.8. The Labute approximate surface area is 313 Å². The van der Waals surface area contributed by atoms with Crippen LogP contribution in [-0.2, 0) is 9.53 Å². The number of nitrogens with one attached hydrogen (secondary N) is 2. The van der Waals surface area contributed by atoms with Crippen LogP contribution in [0.2, 0.25) is 0 Å². The highest BCUT2D eigenvalue weighted by Crippen LogP contribution is 2.38. The number of hydrogen-bond donors (Lipinski definition) is 2. The highest BCUT2D eigenvalue weighted by Gasteiger charge is 2.19. The van der Waals surface area contributed by atoms with Crippen molar-refractivity contribution in [2.75, 3.05) is 0 Å². The predicted octanol–water partition coefficient (Wildman–Crippen LogP) is 11.9. The third kappa shape index (κ3) is 6.14. The summed E-state index contributed by atoms with van der Waals surface area (Å²) < 4.78 is 5.48. The number of esters is 1. The quantitative estimate of drug-likeness (QED) is 0.169. The minimum absolute atomic E-state index is 0.309. The normalized spacial score (nSPS) is 12.5. The van der Waals surface area contributed by atoms with Gasteiger partial charge in [-0.05, 0) is 83.3 Å². The molecule has 9 rings (SSSR count). The van der Waals surface area contributed by atoms with Crippen LogP contribution in [0, 0.1) is 0 Å². The molecule has 4 aromatic carbocycles. The van der Waals surface area contributed by atoms with Crippen LogP contribution in [0.5, 0.6) is 0 Å². The lowest BCUT2D eigenvalue weighted by molar-refractivity contribution is -0.145. The highest BCUT2D eigenvalue weighted by molar-refractivity contribution is 5.99. The van der Waals surface area contributed by atoms with Crippen LogP contribution in [0.4, 0.5) is 0 Å².